The number of carboxylic acid groups (broad SMARTS) is 1. The van der Waals surface area contributed by atoms with Crippen molar-refractivity contribution in [3.05, 3.63) is 54.1 Å². The van der Waals surface area contributed by atoms with Gasteiger partial charge in [-0.25, -0.2) is 8.42 Å². The highest BCUT2D eigenvalue weighted by molar-refractivity contribution is 7.90. The Balaban J connectivity index is 2.31. The zero-order valence-corrected chi connectivity index (χ0v) is 21.4. The van der Waals surface area contributed by atoms with E-state index >= 15 is 0 Å². The lowest BCUT2D eigenvalue weighted by Crippen LogP contribution is -2.45. The van der Waals surface area contributed by atoms with Crippen molar-refractivity contribution in [2.45, 2.75) is 56.3 Å². The zero-order chi connectivity index (χ0) is 28.0. The maximum atomic E-state index is 14.1. The molecule has 0 amide bonds. The molecule has 11 heteroatoms. The van der Waals surface area contributed by atoms with Gasteiger partial charge in [-0.15, -0.1) is 0 Å². The molecule has 0 saturated carbocycles. The van der Waals surface area contributed by atoms with Crippen molar-refractivity contribution < 1.29 is 36.3 Å². The van der Waals surface area contributed by atoms with Crippen molar-refractivity contribution in [3.8, 4) is 17.2 Å². The first-order chi connectivity index (χ1) is 17.1. The molecule has 200 valence electrons. The summed E-state index contributed by atoms with van der Waals surface area (Å²) >= 11 is 0. The monoisotopic (exact) mass is 538 g/mol. The topological polar surface area (TPSA) is 124 Å². The second-order valence-corrected chi connectivity index (χ2v) is 11.4. The molecule has 0 aliphatic rings. The van der Waals surface area contributed by atoms with Crippen LogP contribution in [0.1, 0.15) is 44.7 Å². The van der Waals surface area contributed by atoms with Gasteiger partial charge in [0.1, 0.15) is 6.04 Å². The molecule has 7 nitrogen and oxygen atoms in total. The van der Waals surface area contributed by atoms with Crippen LogP contribution in [-0.2, 0) is 19.4 Å². The average Bonchev–Trinajstić information content (AvgIpc) is 2.79. The molecule has 2 aromatic rings. The number of hydrogen-bond acceptors (Lipinski definition) is 6. The minimum atomic E-state index is -4.75. The molecule has 2 aromatic carbocycles. The number of ketones is 1. The first kappa shape index (κ1) is 30.0. The van der Waals surface area contributed by atoms with Gasteiger partial charge in [0.25, 0.3) is 0 Å². The van der Waals surface area contributed by atoms with Gasteiger partial charge in [-0.3, -0.25) is 14.9 Å². The summed E-state index contributed by atoms with van der Waals surface area (Å²) in [5.41, 5.74) is 1.06. The second kappa shape index (κ2) is 12.3. The molecule has 2 N–H and O–H groups in total. The molecule has 0 aliphatic carbocycles. The van der Waals surface area contributed by atoms with Crippen LogP contribution in [0, 0.1) is 23.2 Å². The number of halogens is 3. The third-order valence-electron chi connectivity index (χ3n) is 5.70. The molecule has 0 heterocycles. The maximum Gasteiger partial charge on any atom is 0.407 e. The highest BCUT2D eigenvalue weighted by Gasteiger charge is 2.43. The lowest BCUT2D eigenvalue weighted by Gasteiger charge is -2.28. The SMILES string of the molecule is CC(C)C[C@H](N[C@@H](c1ccc(-c2ccc(S(C)(=O)=O)cc2)cc1)C(F)(F)F)C(=O)C[C@H](C#N)CC(=O)O. The molecule has 0 bridgehead atoms. The molecule has 0 aliphatic heterocycles. The number of carboxylic acids is 1. The lowest BCUT2D eigenvalue weighted by molar-refractivity contribution is -0.161. The maximum absolute atomic E-state index is 14.1. The summed E-state index contributed by atoms with van der Waals surface area (Å²) in [7, 11) is -3.39. The number of hydrogen-bond donors (Lipinski definition) is 2. The van der Waals surface area contributed by atoms with Gasteiger partial charge >= 0.3 is 12.1 Å². The largest absolute Gasteiger partial charge is 0.481 e. The minimum absolute atomic E-state index is 0.0708. The van der Waals surface area contributed by atoms with Gasteiger partial charge in [-0.1, -0.05) is 50.2 Å². The molecule has 2 rings (SSSR count). The van der Waals surface area contributed by atoms with E-state index in [0.29, 0.717) is 11.1 Å². The van der Waals surface area contributed by atoms with Crippen LogP contribution in [0.15, 0.2) is 53.4 Å². The standard InChI is InChI=1S/C26H29F3N2O5S/c1-16(2)12-22(23(32)13-17(15-30)14-24(33)34)31-25(26(27,28)29)20-6-4-18(5-7-20)19-8-10-21(11-9-19)37(3,35)36/h4-11,16-17,22,25,31H,12-14H2,1-3H3,(H,33,34)/t17-,22-,25-/m0/s1. The highest BCUT2D eigenvalue weighted by atomic mass is 32.2. The number of alkyl halides is 3. The number of sulfone groups is 1. The average molecular weight is 539 g/mol. The Kier molecular flexibility index (Phi) is 10.0. The first-order valence-corrected chi connectivity index (χ1v) is 13.4. The Bertz CT molecular complexity index is 1230. The van der Waals surface area contributed by atoms with Gasteiger partial charge in [-0.05, 0) is 41.2 Å². The molecule has 0 saturated heterocycles. The number of nitrogens with zero attached hydrogens (tertiary/aromatic N) is 1. The van der Waals surface area contributed by atoms with Gasteiger partial charge in [0.05, 0.1) is 29.3 Å². The number of carbonyl (C=O) groups excluding carboxylic acids is 1. The minimum Gasteiger partial charge on any atom is -0.481 e. The van der Waals surface area contributed by atoms with E-state index in [1.165, 1.54) is 36.4 Å². The van der Waals surface area contributed by atoms with Gasteiger partial charge in [0, 0.05) is 12.7 Å². The Morgan fingerprint density at radius 3 is 1.92 bits per heavy atom. The van der Waals surface area contributed by atoms with Crippen molar-refractivity contribution in [2.24, 2.45) is 11.8 Å². The van der Waals surface area contributed by atoms with Gasteiger partial charge in [0.15, 0.2) is 15.6 Å². The molecule has 0 aromatic heterocycles. The van der Waals surface area contributed by atoms with E-state index in [2.05, 4.69) is 5.32 Å². The van der Waals surface area contributed by atoms with Crippen LogP contribution >= 0.6 is 0 Å². The van der Waals surface area contributed by atoms with Crippen LogP contribution < -0.4 is 5.32 Å². The van der Waals surface area contributed by atoms with Crippen LogP contribution in [0.3, 0.4) is 0 Å². The van der Waals surface area contributed by atoms with E-state index in [1.807, 2.05) is 0 Å². The van der Waals surface area contributed by atoms with Crippen LogP contribution in [-0.4, -0.2) is 43.8 Å². The lowest BCUT2D eigenvalue weighted by atomic mass is 9.91. The number of Topliss-reactive ketones (excluding diaryl/α,β-unsaturated/α-hetero) is 1. The summed E-state index contributed by atoms with van der Waals surface area (Å²) in [6, 6.07) is 9.79. The molecule has 0 spiro atoms. The smallest absolute Gasteiger partial charge is 0.407 e. The Morgan fingerprint density at radius 1 is 1.00 bits per heavy atom. The molecule has 0 fully saturated rings. The summed E-state index contributed by atoms with van der Waals surface area (Å²) in [5.74, 6) is -3.21. The number of nitrogens with one attached hydrogen (secondary N) is 1. The summed E-state index contributed by atoms with van der Waals surface area (Å²) in [6.45, 7) is 3.49. The van der Waals surface area contributed by atoms with Gasteiger partial charge < -0.3 is 5.11 Å². The second-order valence-electron chi connectivity index (χ2n) is 9.34. The zero-order valence-electron chi connectivity index (χ0n) is 20.6. The van der Waals surface area contributed by atoms with E-state index in [1.54, 1.807) is 32.0 Å². The van der Waals surface area contributed by atoms with Crippen LogP contribution in [0.2, 0.25) is 0 Å². The van der Waals surface area contributed by atoms with E-state index in [4.69, 9.17) is 10.4 Å². The van der Waals surface area contributed by atoms with Crippen molar-refractivity contribution in [3.63, 3.8) is 0 Å². The Morgan fingerprint density at radius 2 is 1.51 bits per heavy atom. The number of carbonyl (C=O) groups is 2. The molecule has 0 radical (unpaired) electrons. The van der Waals surface area contributed by atoms with E-state index in [0.717, 1.165) is 6.26 Å². The van der Waals surface area contributed by atoms with Crippen molar-refractivity contribution >= 4 is 21.6 Å². The number of rotatable bonds is 12. The van der Waals surface area contributed by atoms with Crippen molar-refractivity contribution in [2.75, 3.05) is 6.26 Å². The summed E-state index contributed by atoms with van der Waals surface area (Å²) in [5, 5.41) is 20.5. The van der Waals surface area contributed by atoms with E-state index < -0.39 is 58.6 Å². The quantitative estimate of drug-likeness (QED) is 0.392. The first-order valence-electron chi connectivity index (χ1n) is 11.5. The van der Waals surface area contributed by atoms with Crippen LogP contribution in [0.5, 0.6) is 0 Å². The van der Waals surface area contributed by atoms with E-state index in [-0.39, 0.29) is 22.8 Å². The highest BCUT2D eigenvalue weighted by Crippen LogP contribution is 2.35. The summed E-state index contributed by atoms with van der Waals surface area (Å²) < 4.78 is 65.5. The number of nitriles is 1. The fraction of sp³-hybridized carbons (Fsp3) is 0.423. The molecular weight excluding hydrogens is 509 g/mol. The molecule has 3 atom stereocenters. The third kappa shape index (κ3) is 8.98. The molecular formula is C26H29F3N2O5S. The predicted octanol–water partition coefficient (Wildman–Crippen LogP) is 4.94. The van der Waals surface area contributed by atoms with Crippen LogP contribution in [0.4, 0.5) is 13.2 Å². The fourth-order valence-electron chi connectivity index (χ4n) is 3.87. The number of aliphatic carboxylic acids is 1. The van der Waals surface area contributed by atoms with Crippen molar-refractivity contribution in [1.82, 2.24) is 5.32 Å². The predicted molar refractivity (Wildman–Crippen MR) is 131 cm³/mol. The normalized spacial score (nSPS) is 14.5. The summed E-state index contributed by atoms with van der Waals surface area (Å²) in [6.07, 6.45) is -4.65. The Labute approximate surface area is 214 Å². The van der Waals surface area contributed by atoms with Crippen LogP contribution in [0.25, 0.3) is 11.1 Å². The molecule has 37 heavy (non-hydrogen) atoms. The van der Waals surface area contributed by atoms with Gasteiger partial charge in [-0.2, -0.15) is 18.4 Å². The van der Waals surface area contributed by atoms with Gasteiger partial charge in [0.2, 0.25) is 0 Å². The Hall–Kier alpha value is -3.23. The van der Waals surface area contributed by atoms with Crippen molar-refractivity contribution in [1.29, 1.82) is 5.26 Å². The fourth-order valence-corrected chi connectivity index (χ4v) is 4.50. The summed E-state index contributed by atoms with van der Waals surface area (Å²) in [4.78, 5) is 23.9. The number of benzene rings is 2. The molecule has 0 unspecified atom stereocenters. The van der Waals surface area contributed by atoms with E-state index in [9.17, 15) is 31.2 Å². The third-order valence-corrected chi connectivity index (χ3v) is 6.83.